The van der Waals surface area contributed by atoms with Gasteiger partial charge >= 0.3 is 0 Å². The first-order chi connectivity index (χ1) is 11.5. The summed E-state index contributed by atoms with van der Waals surface area (Å²) in [5.74, 6) is 0.921. The van der Waals surface area contributed by atoms with E-state index in [1.165, 1.54) is 4.68 Å². The quantitative estimate of drug-likeness (QED) is 0.696. The average Bonchev–Trinajstić information content (AvgIpc) is 2.89. The Morgan fingerprint density at radius 2 is 2.08 bits per heavy atom. The molecule has 0 bridgehead atoms. The van der Waals surface area contributed by atoms with Gasteiger partial charge < -0.3 is 9.80 Å². The summed E-state index contributed by atoms with van der Waals surface area (Å²) in [5, 5.41) is 8.51. The summed E-state index contributed by atoms with van der Waals surface area (Å²) in [6.45, 7) is 3.65. The molecular weight excluding hydrogens is 306 g/mol. The van der Waals surface area contributed by atoms with Crippen LogP contribution < -0.4 is 15.4 Å². The Morgan fingerprint density at radius 1 is 1.29 bits per heavy atom. The van der Waals surface area contributed by atoms with Gasteiger partial charge in [-0.2, -0.15) is 10.2 Å². The summed E-state index contributed by atoms with van der Waals surface area (Å²) < 4.78 is 3.19. The molecule has 4 heterocycles. The summed E-state index contributed by atoms with van der Waals surface area (Å²) in [6.07, 6.45) is 5.36. The van der Waals surface area contributed by atoms with Crippen LogP contribution in [-0.2, 0) is 7.05 Å². The monoisotopic (exact) mass is 325 g/mol. The topological polar surface area (TPSA) is 71.6 Å². The average molecular weight is 325 g/mol. The van der Waals surface area contributed by atoms with E-state index in [1.54, 1.807) is 25.5 Å². The number of nitrogens with zero attached hydrogens (tertiary/aromatic N) is 7. The van der Waals surface area contributed by atoms with Gasteiger partial charge in [-0.25, -0.2) is 14.2 Å². The highest BCUT2D eigenvalue weighted by Gasteiger charge is 2.32. The van der Waals surface area contributed by atoms with Crippen molar-refractivity contribution in [1.82, 2.24) is 24.4 Å². The molecule has 3 aromatic heterocycles. The smallest absolute Gasteiger partial charge is 0.268 e. The molecule has 0 amide bonds. The summed E-state index contributed by atoms with van der Waals surface area (Å²) >= 11 is 0. The van der Waals surface area contributed by atoms with Crippen molar-refractivity contribution in [3.8, 4) is 0 Å². The third-order valence-corrected chi connectivity index (χ3v) is 4.55. The predicted molar refractivity (Wildman–Crippen MR) is 91.6 cm³/mol. The Labute approximate surface area is 138 Å². The molecule has 0 radical (unpaired) electrons. The van der Waals surface area contributed by atoms with Crippen LogP contribution in [0.25, 0.3) is 5.52 Å². The van der Waals surface area contributed by atoms with E-state index < -0.39 is 0 Å². The van der Waals surface area contributed by atoms with Crippen LogP contribution in [0, 0.1) is 6.92 Å². The fraction of sp³-hybridized carbons (Fsp3) is 0.375. The number of hydrogen-bond donors (Lipinski definition) is 0. The highest BCUT2D eigenvalue weighted by Crippen LogP contribution is 2.26. The van der Waals surface area contributed by atoms with E-state index in [9.17, 15) is 4.79 Å². The lowest BCUT2D eigenvalue weighted by Crippen LogP contribution is -2.59. The number of aromatic nitrogens is 5. The molecule has 0 aliphatic carbocycles. The Kier molecular flexibility index (Phi) is 3.26. The van der Waals surface area contributed by atoms with Crippen molar-refractivity contribution in [2.24, 2.45) is 7.05 Å². The molecular formula is C16H19N7O. The predicted octanol–water partition coefficient (Wildman–Crippen LogP) is 0.456. The molecule has 124 valence electrons. The second-order valence-corrected chi connectivity index (χ2v) is 6.21. The first-order valence-corrected chi connectivity index (χ1v) is 7.85. The van der Waals surface area contributed by atoms with E-state index in [-0.39, 0.29) is 5.56 Å². The molecule has 1 aliphatic rings. The Balaban J connectivity index is 1.53. The molecule has 0 N–H and O–H groups in total. The van der Waals surface area contributed by atoms with Crippen LogP contribution in [0.5, 0.6) is 0 Å². The van der Waals surface area contributed by atoms with E-state index in [4.69, 9.17) is 0 Å². The SMILES string of the molecule is Cc1cc2c(N(C)C3CN(c4cnn(C)c(=O)c4)C3)nccn2n1. The van der Waals surface area contributed by atoms with Crippen LogP contribution in [0.15, 0.2) is 35.5 Å². The molecule has 24 heavy (non-hydrogen) atoms. The van der Waals surface area contributed by atoms with Gasteiger partial charge in [0, 0.05) is 45.6 Å². The standard InChI is InChI=1S/C16H19N7O/c1-11-6-14-16(17-4-5-23(14)19-11)20(2)13-9-22(10-13)12-7-15(24)21(3)18-8-12/h4-8,13H,9-10H2,1-3H3. The van der Waals surface area contributed by atoms with Crippen molar-refractivity contribution in [3.63, 3.8) is 0 Å². The molecule has 0 aromatic carbocycles. The number of fused-ring (bicyclic) bond motifs is 1. The fourth-order valence-corrected chi connectivity index (χ4v) is 3.02. The molecule has 3 aromatic rings. The second-order valence-electron chi connectivity index (χ2n) is 6.21. The fourth-order valence-electron chi connectivity index (χ4n) is 3.02. The lowest BCUT2D eigenvalue weighted by atomic mass is 10.1. The van der Waals surface area contributed by atoms with E-state index in [1.807, 2.05) is 23.7 Å². The maximum absolute atomic E-state index is 11.7. The summed E-state index contributed by atoms with van der Waals surface area (Å²) in [5.41, 5.74) is 2.75. The molecule has 1 aliphatic heterocycles. The number of hydrogen-bond acceptors (Lipinski definition) is 6. The van der Waals surface area contributed by atoms with Crippen molar-refractivity contribution >= 4 is 17.0 Å². The maximum Gasteiger partial charge on any atom is 0.268 e. The molecule has 0 spiro atoms. The zero-order chi connectivity index (χ0) is 16.8. The lowest BCUT2D eigenvalue weighted by Gasteiger charge is -2.45. The van der Waals surface area contributed by atoms with Crippen LogP contribution >= 0.6 is 0 Å². The van der Waals surface area contributed by atoms with Gasteiger partial charge in [-0.3, -0.25) is 4.79 Å². The van der Waals surface area contributed by atoms with E-state index >= 15 is 0 Å². The second kappa shape index (κ2) is 5.33. The largest absolute Gasteiger partial charge is 0.366 e. The lowest BCUT2D eigenvalue weighted by molar-refractivity contribution is 0.492. The van der Waals surface area contributed by atoms with Crippen molar-refractivity contribution in [3.05, 3.63) is 46.8 Å². The van der Waals surface area contributed by atoms with Crippen molar-refractivity contribution < 1.29 is 0 Å². The first kappa shape index (κ1) is 14.7. The highest BCUT2D eigenvalue weighted by molar-refractivity contribution is 5.70. The minimum Gasteiger partial charge on any atom is -0.366 e. The Bertz CT molecular complexity index is 954. The molecule has 1 saturated heterocycles. The van der Waals surface area contributed by atoms with Gasteiger partial charge in [0.1, 0.15) is 5.52 Å². The Morgan fingerprint density at radius 3 is 2.83 bits per heavy atom. The third kappa shape index (κ3) is 2.31. The highest BCUT2D eigenvalue weighted by atomic mass is 16.1. The summed E-state index contributed by atoms with van der Waals surface area (Å²) in [6, 6.07) is 4.01. The van der Waals surface area contributed by atoms with E-state index in [2.05, 4.69) is 32.0 Å². The molecule has 4 rings (SSSR count). The van der Waals surface area contributed by atoms with E-state index in [0.29, 0.717) is 6.04 Å². The minimum atomic E-state index is -0.0922. The van der Waals surface area contributed by atoms with E-state index in [0.717, 1.165) is 35.8 Å². The summed E-state index contributed by atoms with van der Waals surface area (Å²) in [4.78, 5) is 20.6. The molecule has 0 atom stereocenters. The van der Waals surface area contributed by atoms with Gasteiger partial charge in [-0.15, -0.1) is 0 Å². The zero-order valence-corrected chi connectivity index (χ0v) is 13.9. The van der Waals surface area contributed by atoms with Gasteiger partial charge in [-0.05, 0) is 13.0 Å². The van der Waals surface area contributed by atoms with Gasteiger partial charge in [0.05, 0.1) is 23.6 Å². The molecule has 0 unspecified atom stereocenters. The number of aryl methyl sites for hydroxylation is 2. The molecule has 1 fully saturated rings. The zero-order valence-electron chi connectivity index (χ0n) is 13.9. The molecule has 8 heteroatoms. The number of rotatable bonds is 3. The molecule has 0 saturated carbocycles. The number of anilines is 2. The minimum absolute atomic E-state index is 0.0922. The van der Waals surface area contributed by atoms with Crippen LogP contribution in [0.2, 0.25) is 0 Å². The normalized spacial score (nSPS) is 14.9. The van der Waals surface area contributed by atoms with Crippen molar-refractivity contribution in [2.45, 2.75) is 13.0 Å². The first-order valence-electron chi connectivity index (χ1n) is 7.85. The van der Waals surface area contributed by atoms with Crippen molar-refractivity contribution in [1.29, 1.82) is 0 Å². The Hall–Kier alpha value is -2.90. The molecule has 8 nitrogen and oxygen atoms in total. The van der Waals surface area contributed by atoms with Gasteiger partial charge in [-0.1, -0.05) is 0 Å². The van der Waals surface area contributed by atoms with Crippen molar-refractivity contribution in [2.75, 3.05) is 29.9 Å². The van der Waals surface area contributed by atoms with Gasteiger partial charge in [0.25, 0.3) is 5.56 Å². The summed E-state index contributed by atoms with van der Waals surface area (Å²) in [7, 11) is 3.70. The van der Waals surface area contributed by atoms with Crippen LogP contribution in [-0.4, -0.2) is 50.6 Å². The maximum atomic E-state index is 11.7. The van der Waals surface area contributed by atoms with Crippen LogP contribution in [0.4, 0.5) is 11.5 Å². The number of likely N-dealkylation sites (N-methyl/N-ethyl adjacent to an activating group) is 1. The van der Waals surface area contributed by atoms with Gasteiger partial charge in [0.15, 0.2) is 5.82 Å². The van der Waals surface area contributed by atoms with Crippen LogP contribution in [0.3, 0.4) is 0 Å². The van der Waals surface area contributed by atoms with Crippen LogP contribution in [0.1, 0.15) is 5.69 Å². The van der Waals surface area contributed by atoms with Gasteiger partial charge in [0.2, 0.25) is 0 Å². The third-order valence-electron chi connectivity index (χ3n) is 4.55.